The maximum absolute atomic E-state index is 13.8. The smallest absolute Gasteiger partial charge is 0.219 e. The van der Waals surface area contributed by atoms with Crippen molar-refractivity contribution >= 4 is 17.3 Å². The summed E-state index contributed by atoms with van der Waals surface area (Å²) in [4.78, 5) is 15.1. The average Bonchev–Trinajstić information content (AvgIpc) is 2.54. The van der Waals surface area contributed by atoms with Gasteiger partial charge >= 0.3 is 0 Å². The van der Waals surface area contributed by atoms with Gasteiger partial charge in [-0.3, -0.25) is 4.79 Å². The lowest BCUT2D eigenvalue weighted by Gasteiger charge is -2.23. The molecule has 0 saturated carbocycles. The Kier molecular flexibility index (Phi) is 3.69. The Morgan fingerprint density at radius 2 is 2.06 bits per heavy atom. The number of halogens is 1. The van der Waals surface area contributed by atoms with Crippen LogP contribution in [0.1, 0.15) is 13.3 Å². The molecule has 0 aromatic heterocycles. The van der Waals surface area contributed by atoms with Crippen LogP contribution in [0.3, 0.4) is 0 Å². The molecule has 1 aromatic rings. The van der Waals surface area contributed by atoms with E-state index in [-0.39, 0.29) is 11.7 Å². The predicted molar refractivity (Wildman–Crippen MR) is 69.9 cm³/mol. The van der Waals surface area contributed by atoms with E-state index in [1.807, 2.05) is 4.90 Å². The Morgan fingerprint density at radius 1 is 1.28 bits per heavy atom. The number of hydrogen-bond acceptors (Lipinski definition) is 3. The summed E-state index contributed by atoms with van der Waals surface area (Å²) in [5, 5.41) is 0. The lowest BCUT2D eigenvalue weighted by molar-refractivity contribution is -0.128. The van der Waals surface area contributed by atoms with Gasteiger partial charge < -0.3 is 15.5 Å². The topological polar surface area (TPSA) is 49.6 Å². The van der Waals surface area contributed by atoms with Crippen LogP contribution in [0, 0.1) is 5.82 Å². The predicted octanol–water partition coefficient (Wildman–Crippen LogP) is 1.47. The molecule has 0 spiro atoms. The molecule has 98 valence electrons. The number of carbonyl (C=O) groups excluding carboxylic acids is 1. The van der Waals surface area contributed by atoms with Crippen molar-refractivity contribution in [3.8, 4) is 0 Å². The molecule has 1 heterocycles. The van der Waals surface area contributed by atoms with Crippen LogP contribution >= 0.6 is 0 Å². The highest BCUT2D eigenvalue weighted by Crippen LogP contribution is 2.22. The molecule has 0 atom stereocenters. The van der Waals surface area contributed by atoms with E-state index in [2.05, 4.69) is 0 Å². The summed E-state index contributed by atoms with van der Waals surface area (Å²) in [6.07, 6.45) is 0.851. The zero-order valence-corrected chi connectivity index (χ0v) is 10.5. The third-order valence-electron chi connectivity index (χ3n) is 3.25. The third-order valence-corrected chi connectivity index (χ3v) is 3.25. The Hall–Kier alpha value is -1.78. The molecule has 0 bridgehead atoms. The van der Waals surface area contributed by atoms with Crippen LogP contribution in [0.5, 0.6) is 0 Å². The van der Waals surface area contributed by atoms with Gasteiger partial charge in [0.1, 0.15) is 5.82 Å². The van der Waals surface area contributed by atoms with Crippen LogP contribution in [-0.4, -0.2) is 37.0 Å². The van der Waals surface area contributed by atoms with E-state index >= 15 is 0 Å². The number of benzene rings is 1. The summed E-state index contributed by atoms with van der Waals surface area (Å²) in [6, 6.07) is 4.74. The molecule has 2 N–H and O–H groups in total. The molecular formula is C13H18FN3O. The number of nitrogens with two attached hydrogens (primary N) is 1. The van der Waals surface area contributed by atoms with Gasteiger partial charge in [-0.2, -0.15) is 0 Å². The van der Waals surface area contributed by atoms with Crippen molar-refractivity contribution in [1.82, 2.24) is 4.90 Å². The second-order valence-electron chi connectivity index (χ2n) is 4.56. The Morgan fingerprint density at radius 3 is 2.72 bits per heavy atom. The van der Waals surface area contributed by atoms with Gasteiger partial charge in [0.15, 0.2) is 0 Å². The van der Waals surface area contributed by atoms with Crippen LogP contribution in [0.4, 0.5) is 15.8 Å². The van der Waals surface area contributed by atoms with Gasteiger partial charge in [-0.05, 0) is 24.6 Å². The number of carbonyl (C=O) groups is 1. The Labute approximate surface area is 106 Å². The number of nitrogens with zero attached hydrogens (tertiary/aromatic N) is 2. The maximum Gasteiger partial charge on any atom is 0.219 e. The first-order valence-corrected chi connectivity index (χ1v) is 6.13. The van der Waals surface area contributed by atoms with E-state index in [1.54, 1.807) is 24.0 Å². The molecule has 1 aromatic carbocycles. The van der Waals surface area contributed by atoms with Crippen LogP contribution in [0.15, 0.2) is 18.2 Å². The normalized spacial score (nSPS) is 16.6. The van der Waals surface area contributed by atoms with Crippen LogP contribution in [0.2, 0.25) is 0 Å². The Bertz CT molecular complexity index is 450. The fourth-order valence-corrected chi connectivity index (χ4v) is 2.25. The minimum absolute atomic E-state index is 0.0784. The second kappa shape index (κ2) is 5.25. The Balaban J connectivity index is 2.12. The highest BCUT2D eigenvalue weighted by atomic mass is 19.1. The number of amides is 1. The largest absolute Gasteiger partial charge is 0.399 e. The molecular weight excluding hydrogens is 233 g/mol. The van der Waals surface area contributed by atoms with Gasteiger partial charge in [-0.25, -0.2) is 4.39 Å². The molecule has 2 rings (SSSR count). The van der Waals surface area contributed by atoms with E-state index in [0.29, 0.717) is 24.5 Å². The number of nitrogen functional groups attached to an aromatic ring is 1. The van der Waals surface area contributed by atoms with E-state index in [9.17, 15) is 9.18 Å². The highest BCUT2D eigenvalue weighted by Gasteiger charge is 2.18. The van der Waals surface area contributed by atoms with Crippen molar-refractivity contribution in [2.75, 3.05) is 36.8 Å². The van der Waals surface area contributed by atoms with E-state index in [0.717, 1.165) is 19.5 Å². The van der Waals surface area contributed by atoms with Crippen molar-refractivity contribution in [3.05, 3.63) is 24.0 Å². The third kappa shape index (κ3) is 2.72. The van der Waals surface area contributed by atoms with Gasteiger partial charge in [-0.1, -0.05) is 0 Å². The number of hydrogen-bond donors (Lipinski definition) is 1. The van der Waals surface area contributed by atoms with Crippen molar-refractivity contribution in [1.29, 1.82) is 0 Å². The van der Waals surface area contributed by atoms with Crippen molar-refractivity contribution in [2.24, 2.45) is 0 Å². The SMILES string of the molecule is CC(=O)N1CCCN(c2ccc(N)cc2F)CC1. The lowest BCUT2D eigenvalue weighted by Crippen LogP contribution is -2.33. The van der Waals surface area contributed by atoms with Gasteiger partial charge in [-0.15, -0.1) is 0 Å². The fraction of sp³-hybridized carbons (Fsp3) is 0.462. The monoisotopic (exact) mass is 251 g/mol. The minimum Gasteiger partial charge on any atom is -0.399 e. The van der Waals surface area contributed by atoms with Crippen LogP contribution < -0.4 is 10.6 Å². The van der Waals surface area contributed by atoms with Gasteiger partial charge in [0, 0.05) is 38.8 Å². The van der Waals surface area contributed by atoms with E-state index < -0.39 is 0 Å². The first kappa shape index (κ1) is 12.7. The summed E-state index contributed by atoms with van der Waals surface area (Å²) >= 11 is 0. The molecule has 0 aliphatic carbocycles. The minimum atomic E-state index is -0.300. The van der Waals surface area contributed by atoms with Crippen molar-refractivity contribution < 1.29 is 9.18 Å². The van der Waals surface area contributed by atoms with E-state index in [4.69, 9.17) is 5.73 Å². The molecule has 5 heteroatoms. The zero-order valence-electron chi connectivity index (χ0n) is 10.5. The molecule has 0 radical (unpaired) electrons. The highest BCUT2D eigenvalue weighted by molar-refractivity contribution is 5.73. The van der Waals surface area contributed by atoms with Gasteiger partial charge in [0.25, 0.3) is 0 Å². The maximum atomic E-state index is 13.8. The molecule has 1 amide bonds. The summed E-state index contributed by atoms with van der Waals surface area (Å²) in [5.74, 6) is -0.221. The van der Waals surface area contributed by atoms with Gasteiger partial charge in [0.2, 0.25) is 5.91 Å². The number of anilines is 2. The number of rotatable bonds is 1. The standard InChI is InChI=1S/C13H18FN3O/c1-10(18)16-5-2-6-17(8-7-16)13-4-3-11(15)9-12(13)14/h3-4,9H,2,5-8,15H2,1H3. The second-order valence-corrected chi connectivity index (χ2v) is 4.56. The van der Waals surface area contributed by atoms with Crippen molar-refractivity contribution in [2.45, 2.75) is 13.3 Å². The molecule has 0 unspecified atom stereocenters. The molecule has 18 heavy (non-hydrogen) atoms. The first-order valence-electron chi connectivity index (χ1n) is 6.13. The van der Waals surface area contributed by atoms with Crippen LogP contribution in [-0.2, 0) is 4.79 Å². The summed E-state index contributed by atoms with van der Waals surface area (Å²) in [5.41, 5.74) is 6.53. The molecule has 1 saturated heterocycles. The van der Waals surface area contributed by atoms with E-state index in [1.165, 1.54) is 6.07 Å². The zero-order chi connectivity index (χ0) is 13.1. The molecule has 1 aliphatic rings. The van der Waals surface area contributed by atoms with Crippen LogP contribution in [0.25, 0.3) is 0 Å². The average molecular weight is 251 g/mol. The molecule has 1 fully saturated rings. The quantitative estimate of drug-likeness (QED) is 0.769. The van der Waals surface area contributed by atoms with Gasteiger partial charge in [0.05, 0.1) is 5.69 Å². The summed E-state index contributed by atoms with van der Waals surface area (Å²) in [7, 11) is 0. The van der Waals surface area contributed by atoms with Crippen molar-refractivity contribution in [3.63, 3.8) is 0 Å². The lowest BCUT2D eigenvalue weighted by atomic mass is 10.2. The molecule has 1 aliphatic heterocycles. The summed E-state index contributed by atoms with van der Waals surface area (Å²) < 4.78 is 13.8. The fourth-order valence-electron chi connectivity index (χ4n) is 2.25. The summed E-state index contributed by atoms with van der Waals surface area (Å²) in [6.45, 7) is 4.35. The first-order chi connectivity index (χ1) is 8.58. The molecule has 4 nitrogen and oxygen atoms in total.